The van der Waals surface area contributed by atoms with Gasteiger partial charge in [0.25, 0.3) is 0 Å². The second-order valence-corrected chi connectivity index (χ2v) is 6.95. The molecule has 1 fully saturated rings. The van der Waals surface area contributed by atoms with Gasteiger partial charge in [-0.25, -0.2) is 14.5 Å². The van der Waals surface area contributed by atoms with Gasteiger partial charge in [-0.3, -0.25) is 0 Å². The zero-order valence-electron chi connectivity index (χ0n) is 14.2. The molecule has 2 aromatic carbocycles. The lowest BCUT2D eigenvalue weighted by molar-refractivity contribution is 0.225. The van der Waals surface area contributed by atoms with Gasteiger partial charge in [-0.15, -0.1) is 0 Å². The number of carbonyl (C=O) groups excluding carboxylic acids is 2. The van der Waals surface area contributed by atoms with E-state index in [4.69, 9.17) is 40.1 Å². The number of aliphatic imine (C=N–C) groups is 1. The van der Waals surface area contributed by atoms with Gasteiger partial charge in [-0.1, -0.05) is 40.9 Å². The second-order valence-electron chi connectivity index (χ2n) is 5.70. The SMILES string of the molecule is N#CCN1C/C(=N\C(=O)Nc2ccc(Cl)c(Cl)c2)N(c2cccc(Cl)c2)C1=O. The summed E-state index contributed by atoms with van der Waals surface area (Å²) in [6, 6.07) is 11.9. The van der Waals surface area contributed by atoms with Crippen LogP contribution in [0.25, 0.3) is 0 Å². The van der Waals surface area contributed by atoms with Gasteiger partial charge in [0.2, 0.25) is 0 Å². The van der Waals surface area contributed by atoms with Crippen molar-refractivity contribution in [3.63, 3.8) is 0 Å². The Morgan fingerprint density at radius 3 is 2.64 bits per heavy atom. The van der Waals surface area contributed by atoms with E-state index < -0.39 is 12.1 Å². The Morgan fingerprint density at radius 1 is 1.18 bits per heavy atom. The van der Waals surface area contributed by atoms with E-state index in [0.29, 0.717) is 21.4 Å². The molecule has 1 N–H and O–H groups in total. The van der Waals surface area contributed by atoms with Crippen LogP contribution in [0.15, 0.2) is 47.5 Å². The number of urea groups is 2. The average Bonchev–Trinajstić information content (AvgIpc) is 2.93. The van der Waals surface area contributed by atoms with Crippen molar-refractivity contribution in [1.29, 1.82) is 5.26 Å². The van der Waals surface area contributed by atoms with Crippen molar-refractivity contribution in [1.82, 2.24) is 4.90 Å². The maximum atomic E-state index is 12.7. The van der Waals surface area contributed by atoms with Gasteiger partial charge in [-0.05, 0) is 36.4 Å². The van der Waals surface area contributed by atoms with Gasteiger partial charge in [0.1, 0.15) is 12.4 Å². The van der Waals surface area contributed by atoms with E-state index in [-0.39, 0.29) is 23.9 Å². The summed E-state index contributed by atoms with van der Waals surface area (Å²) in [5, 5.41) is 12.6. The molecule has 1 aliphatic rings. The predicted octanol–water partition coefficient (Wildman–Crippen LogP) is 5.04. The minimum absolute atomic E-state index is 0.00764. The molecule has 0 radical (unpaired) electrons. The summed E-state index contributed by atoms with van der Waals surface area (Å²) < 4.78 is 0. The number of hydrogen-bond acceptors (Lipinski definition) is 3. The van der Waals surface area contributed by atoms with Crippen LogP contribution in [0.2, 0.25) is 15.1 Å². The monoisotopic (exact) mass is 435 g/mol. The summed E-state index contributed by atoms with van der Waals surface area (Å²) in [5.41, 5.74) is 0.843. The first kappa shape index (κ1) is 20.0. The summed E-state index contributed by atoms with van der Waals surface area (Å²) in [5.74, 6) is 0.167. The highest BCUT2D eigenvalue weighted by Crippen LogP contribution is 2.26. The maximum absolute atomic E-state index is 12.7. The molecule has 28 heavy (non-hydrogen) atoms. The molecule has 1 heterocycles. The number of nitrogens with one attached hydrogen (secondary N) is 1. The Balaban J connectivity index is 1.89. The molecule has 2 aromatic rings. The number of amides is 4. The normalized spacial score (nSPS) is 15.1. The number of benzene rings is 2. The van der Waals surface area contributed by atoms with E-state index in [9.17, 15) is 9.59 Å². The number of nitrogens with zero attached hydrogens (tertiary/aromatic N) is 4. The van der Waals surface area contributed by atoms with Crippen molar-refractivity contribution < 1.29 is 9.59 Å². The molecular formula is C18H12Cl3N5O2. The van der Waals surface area contributed by atoms with Crippen LogP contribution < -0.4 is 10.2 Å². The first-order chi connectivity index (χ1) is 13.4. The summed E-state index contributed by atoms with van der Waals surface area (Å²) in [6.07, 6.45) is 0. The zero-order valence-corrected chi connectivity index (χ0v) is 16.5. The predicted molar refractivity (Wildman–Crippen MR) is 109 cm³/mol. The largest absolute Gasteiger partial charge is 0.347 e. The van der Waals surface area contributed by atoms with Crippen LogP contribution in [-0.4, -0.2) is 35.9 Å². The number of amidine groups is 1. The van der Waals surface area contributed by atoms with Crippen LogP contribution >= 0.6 is 34.8 Å². The fourth-order valence-corrected chi connectivity index (χ4v) is 3.05. The number of hydrogen-bond donors (Lipinski definition) is 1. The van der Waals surface area contributed by atoms with Gasteiger partial charge in [0, 0.05) is 10.7 Å². The van der Waals surface area contributed by atoms with Gasteiger partial charge in [0.15, 0.2) is 0 Å². The molecular weight excluding hydrogens is 425 g/mol. The zero-order chi connectivity index (χ0) is 20.3. The quantitative estimate of drug-likeness (QED) is 0.683. The van der Waals surface area contributed by atoms with Crippen LogP contribution in [-0.2, 0) is 0 Å². The lowest BCUT2D eigenvalue weighted by atomic mass is 10.3. The van der Waals surface area contributed by atoms with Crippen molar-refractivity contribution in [3.8, 4) is 6.07 Å². The molecule has 10 heteroatoms. The van der Waals surface area contributed by atoms with Crippen molar-refractivity contribution >= 4 is 64.1 Å². The standard InChI is InChI=1S/C18H12Cl3N5O2/c19-11-2-1-3-13(8-11)26-16(10-25(7-6-22)18(26)28)24-17(27)23-12-4-5-14(20)15(21)9-12/h1-5,8-9H,7,10H2,(H,23,27)/b24-16+. The van der Waals surface area contributed by atoms with E-state index in [2.05, 4.69) is 10.3 Å². The molecule has 0 bridgehead atoms. The number of anilines is 2. The fraction of sp³-hybridized carbons (Fsp3) is 0.111. The summed E-state index contributed by atoms with van der Waals surface area (Å²) in [4.78, 5) is 31.5. The van der Waals surface area contributed by atoms with E-state index in [0.717, 1.165) is 0 Å². The van der Waals surface area contributed by atoms with Crippen molar-refractivity contribution in [2.75, 3.05) is 23.3 Å². The lowest BCUT2D eigenvalue weighted by Gasteiger charge is -2.17. The molecule has 0 spiro atoms. The Kier molecular flexibility index (Phi) is 6.05. The second kappa shape index (κ2) is 8.48. The van der Waals surface area contributed by atoms with Gasteiger partial charge in [0.05, 0.1) is 28.3 Å². The number of nitriles is 1. The highest BCUT2D eigenvalue weighted by molar-refractivity contribution is 6.42. The number of halogens is 3. The topological polar surface area (TPSA) is 88.8 Å². The number of carbonyl (C=O) groups is 2. The van der Waals surface area contributed by atoms with Crippen molar-refractivity contribution in [3.05, 3.63) is 57.5 Å². The molecule has 4 amide bonds. The molecule has 1 saturated heterocycles. The molecule has 3 rings (SSSR count). The first-order valence-electron chi connectivity index (χ1n) is 7.94. The Morgan fingerprint density at radius 2 is 1.96 bits per heavy atom. The summed E-state index contributed by atoms with van der Waals surface area (Å²) >= 11 is 17.8. The Labute approximate surface area is 175 Å². The third-order valence-corrected chi connectivity index (χ3v) is 4.76. The van der Waals surface area contributed by atoms with Crippen LogP contribution in [0, 0.1) is 11.3 Å². The van der Waals surface area contributed by atoms with Crippen LogP contribution in [0.4, 0.5) is 21.0 Å². The molecule has 0 unspecified atom stereocenters. The van der Waals surface area contributed by atoms with E-state index >= 15 is 0 Å². The van der Waals surface area contributed by atoms with Crippen LogP contribution in [0.3, 0.4) is 0 Å². The third kappa shape index (κ3) is 4.37. The van der Waals surface area contributed by atoms with Gasteiger partial charge < -0.3 is 10.2 Å². The highest BCUT2D eigenvalue weighted by atomic mass is 35.5. The third-order valence-electron chi connectivity index (χ3n) is 3.78. The highest BCUT2D eigenvalue weighted by Gasteiger charge is 2.36. The van der Waals surface area contributed by atoms with Crippen molar-refractivity contribution in [2.45, 2.75) is 0 Å². The van der Waals surface area contributed by atoms with Crippen LogP contribution in [0.1, 0.15) is 0 Å². The lowest BCUT2D eigenvalue weighted by Crippen LogP contribution is -2.33. The fourth-order valence-electron chi connectivity index (χ4n) is 2.57. The Hall–Kier alpha value is -2.79. The molecule has 0 saturated carbocycles. The molecule has 142 valence electrons. The van der Waals surface area contributed by atoms with E-state index in [1.807, 2.05) is 6.07 Å². The van der Waals surface area contributed by atoms with Crippen molar-refractivity contribution in [2.24, 2.45) is 4.99 Å². The van der Waals surface area contributed by atoms with E-state index in [1.165, 1.54) is 15.9 Å². The molecule has 7 nitrogen and oxygen atoms in total. The molecule has 0 aromatic heterocycles. The van der Waals surface area contributed by atoms with Crippen LogP contribution in [0.5, 0.6) is 0 Å². The maximum Gasteiger partial charge on any atom is 0.347 e. The Bertz CT molecular complexity index is 1020. The van der Waals surface area contributed by atoms with Gasteiger partial charge >= 0.3 is 12.1 Å². The first-order valence-corrected chi connectivity index (χ1v) is 9.07. The number of rotatable bonds is 3. The minimum Gasteiger partial charge on any atom is -0.306 e. The minimum atomic E-state index is -0.702. The van der Waals surface area contributed by atoms with E-state index in [1.54, 1.807) is 36.4 Å². The summed E-state index contributed by atoms with van der Waals surface area (Å²) in [7, 11) is 0. The average molecular weight is 437 g/mol. The molecule has 0 aliphatic carbocycles. The molecule has 0 atom stereocenters. The molecule has 1 aliphatic heterocycles. The smallest absolute Gasteiger partial charge is 0.306 e. The summed E-state index contributed by atoms with van der Waals surface area (Å²) in [6.45, 7) is -0.128. The van der Waals surface area contributed by atoms with Gasteiger partial charge in [-0.2, -0.15) is 10.3 Å².